The lowest BCUT2D eigenvalue weighted by Crippen LogP contribution is -2.25. The van der Waals surface area contributed by atoms with Crippen LogP contribution in [-0.4, -0.2) is 17.9 Å². The predicted octanol–water partition coefficient (Wildman–Crippen LogP) is 4.69. The summed E-state index contributed by atoms with van der Waals surface area (Å²) >= 11 is 0. The molecule has 132 valence electrons. The van der Waals surface area contributed by atoms with Gasteiger partial charge in [-0.1, -0.05) is 51.1 Å². The topological polar surface area (TPSA) is 43.4 Å². The first-order valence-electron chi connectivity index (χ1n) is 7.91. The molecule has 2 rings (SSSR count). The molecule has 0 fully saturated rings. The lowest BCUT2D eigenvalue weighted by Gasteiger charge is -2.19. The SMILES string of the molecule is C[C@H](OC(=O)c1c(F)cccc1F)C(=O)c1ccc(C(C)(C)C)cc1. The molecule has 0 saturated carbocycles. The summed E-state index contributed by atoms with van der Waals surface area (Å²) in [5, 5.41) is 0. The van der Waals surface area contributed by atoms with Crippen molar-refractivity contribution in [2.24, 2.45) is 0 Å². The van der Waals surface area contributed by atoms with Crippen molar-refractivity contribution in [2.45, 2.75) is 39.2 Å². The van der Waals surface area contributed by atoms with Crippen LogP contribution in [0.3, 0.4) is 0 Å². The van der Waals surface area contributed by atoms with Gasteiger partial charge in [-0.2, -0.15) is 0 Å². The summed E-state index contributed by atoms with van der Waals surface area (Å²) in [5.41, 5.74) is 0.567. The minimum Gasteiger partial charge on any atom is -0.451 e. The first-order valence-corrected chi connectivity index (χ1v) is 7.91. The minimum atomic E-state index is -1.21. The van der Waals surface area contributed by atoms with E-state index in [-0.39, 0.29) is 5.41 Å². The van der Waals surface area contributed by atoms with Gasteiger partial charge in [0.25, 0.3) is 0 Å². The lowest BCUT2D eigenvalue weighted by atomic mass is 9.86. The Morgan fingerprint density at radius 3 is 1.96 bits per heavy atom. The third kappa shape index (κ3) is 4.29. The average Bonchev–Trinajstić information content (AvgIpc) is 2.53. The second-order valence-electron chi connectivity index (χ2n) is 6.84. The van der Waals surface area contributed by atoms with E-state index >= 15 is 0 Å². The van der Waals surface area contributed by atoms with Gasteiger partial charge < -0.3 is 4.74 Å². The quantitative estimate of drug-likeness (QED) is 0.596. The Bertz CT molecular complexity index is 769. The van der Waals surface area contributed by atoms with Crippen LogP contribution in [0.2, 0.25) is 0 Å². The highest BCUT2D eigenvalue weighted by Gasteiger charge is 2.25. The van der Waals surface area contributed by atoms with Crippen molar-refractivity contribution in [1.82, 2.24) is 0 Å². The van der Waals surface area contributed by atoms with Crippen molar-refractivity contribution < 1.29 is 23.1 Å². The normalized spacial score (nSPS) is 12.6. The smallest absolute Gasteiger partial charge is 0.344 e. The Balaban J connectivity index is 2.14. The van der Waals surface area contributed by atoms with Gasteiger partial charge in [0, 0.05) is 5.56 Å². The van der Waals surface area contributed by atoms with E-state index in [4.69, 9.17) is 4.74 Å². The van der Waals surface area contributed by atoms with E-state index in [1.807, 2.05) is 12.1 Å². The largest absolute Gasteiger partial charge is 0.451 e. The van der Waals surface area contributed by atoms with Gasteiger partial charge >= 0.3 is 5.97 Å². The molecule has 0 N–H and O–H groups in total. The Morgan fingerprint density at radius 2 is 1.48 bits per heavy atom. The van der Waals surface area contributed by atoms with Crippen LogP contribution in [-0.2, 0) is 10.2 Å². The zero-order valence-electron chi connectivity index (χ0n) is 14.6. The highest BCUT2D eigenvalue weighted by atomic mass is 19.1. The molecule has 0 amide bonds. The number of hydrogen-bond acceptors (Lipinski definition) is 3. The highest BCUT2D eigenvalue weighted by molar-refractivity contribution is 6.01. The van der Waals surface area contributed by atoms with Crippen molar-refractivity contribution in [2.75, 3.05) is 0 Å². The van der Waals surface area contributed by atoms with E-state index in [0.717, 1.165) is 23.8 Å². The van der Waals surface area contributed by atoms with Crippen molar-refractivity contribution in [1.29, 1.82) is 0 Å². The fourth-order valence-electron chi connectivity index (χ4n) is 2.34. The average molecular weight is 346 g/mol. The second kappa shape index (κ2) is 7.13. The van der Waals surface area contributed by atoms with Crippen molar-refractivity contribution in [3.05, 3.63) is 70.8 Å². The van der Waals surface area contributed by atoms with Gasteiger partial charge in [0.1, 0.15) is 17.2 Å². The van der Waals surface area contributed by atoms with E-state index in [0.29, 0.717) is 5.56 Å². The van der Waals surface area contributed by atoms with E-state index in [2.05, 4.69) is 20.8 Å². The molecule has 2 aromatic rings. The van der Waals surface area contributed by atoms with Crippen LogP contribution < -0.4 is 0 Å². The van der Waals surface area contributed by atoms with Gasteiger partial charge in [-0.25, -0.2) is 13.6 Å². The molecule has 1 atom stereocenters. The molecule has 25 heavy (non-hydrogen) atoms. The fraction of sp³-hybridized carbons (Fsp3) is 0.300. The third-order valence-electron chi connectivity index (χ3n) is 3.86. The molecule has 0 aliphatic carbocycles. The lowest BCUT2D eigenvalue weighted by molar-refractivity contribution is 0.0309. The molecule has 0 aromatic heterocycles. The molecule has 5 heteroatoms. The maximum absolute atomic E-state index is 13.6. The molecule has 0 aliphatic rings. The fourth-order valence-corrected chi connectivity index (χ4v) is 2.34. The number of ether oxygens (including phenoxy) is 1. The standard InChI is InChI=1S/C20H20F2O3/c1-12(25-19(24)17-15(21)6-5-7-16(17)22)18(23)13-8-10-14(11-9-13)20(2,3)4/h5-12H,1-4H3/t12-/m0/s1. The molecule has 0 saturated heterocycles. The molecule has 0 spiro atoms. The zero-order chi connectivity index (χ0) is 18.8. The van der Waals surface area contributed by atoms with Crippen molar-refractivity contribution >= 4 is 11.8 Å². The molecular weight excluding hydrogens is 326 g/mol. The van der Waals surface area contributed by atoms with Crippen LogP contribution in [0.1, 0.15) is 54.0 Å². The van der Waals surface area contributed by atoms with Gasteiger partial charge in [0.15, 0.2) is 6.10 Å². The number of carbonyl (C=O) groups is 2. The number of carbonyl (C=O) groups excluding carboxylic acids is 2. The third-order valence-corrected chi connectivity index (χ3v) is 3.86. The van der Waals surface area contributed by atoms with Gasteiger partial charge in [0.05, 0.1) is 0 Å². The number of esters is 1. The van der Waals surface area contributed by atoms with Crippen molar-refractivity contribution in [3.63, 3.8) is 0 Å². The molecule has 0 aliphatic heterocycles. The summed E-state index contributed by atoms with van der Waals surface area (Å²) in [6.45, 7) is 7.53. The molecule has 0 heterocycles. The molecule has 3 nitrogen and oxygen atoms in total. The van der Waals surface area contributed by atoms with E-state index in [1.54, 1.807) is 12.1 Å². The number of hydrogen-bond donors (Lipinski definition) is 0. The summed E-state index contributed by atoms with van der Waals surface area (Å²) in [6.07, 6.45) is -1.16. The Kier molecular flexibility index (Phi) is 5.36. The Labute approximate surface area is 145 Å². The molecular formula is C20H20F2O3. The predicted molar refractivity (Wildman–Crippen MR) is 90.7 cm³/mol. The van der Waals surface area contributed by atoms with Gasteiger partial charge in [-0.05, 0) is 30.0 Å². The first-order chi connectivity index (χ1) is 11.6. The number of benzene rings is 2. The van der Waals surface area contributed by atoms with Crippen LogP contribution in [0.4, 0.5) is 8.78 Å². The van der Waals surface area contributed by atoms with Gasteiger partial charge in [0.2, 0.25) is 5.78 Å². The highest BCUT2D eigenvalue weighted by Crippen LogP contribution is 2.23. The maximum Gasteiger partial charge on any atom is 0.344 e. The zero-order valence-corrected chi connectivity index (χ0v) is 14.6. The monoisotopic (exact) mass is 346 g/mol. The number of Topliss-reactive ketones (excluding diaryl/α,β-unsaturated/α-hetero) is 1. The van der Waals surface area contributed by atoms with E-state index in [9.17, 15) is 18.4 Å². The van der Waals surface area contributed by atoms with Crippen molar-refractivity contribution in [3.8, 4) is 0 Å². The molecule has 0 radical (unpaired) electrons. The van der Waals surface area contributed by atoms with Crippen LogP contribution in [0.25, 0.3) is 0 Å². The first kappa shape index (κ1) is 18.8. The minimum absolute atomic E-state index is 0.0535. The number of rotatable bonds is 4. The number of ketones is 1. The van der Waals surface area contributed by atoms with Gasteiger partial charge in [-0.15, -0.1) is 0 Å². The molecule has 0 unspecified atom stereocenters. The Hall–Kier alpha value is -2.56. The second-order valence-corrected chi connectivity index (χ2v) is 6.84. The van der Waals surface area contributed by atoms with E-state index in [1.165, 1.54) is 6.92 Å². The maximum atomic E-state index is 13.6. The Morgan fingerprint density at radius 1 is 0.960 bits per heavy atom. The van der Waals surface area contributed by atoms with Crippen LogP contribution in [0.5, 0.6) is 0 Å². The summed E-state index contributed by atoms with van der Waals surface area (Å²) < 4.78 is 32.2. The summed E-state index contributed by atoms with van der Waals surface area (Å²) in [7, 11) is 0. The molecule has 0 bridgehead atoms. The van der Waals surface area contributed by atoms with E-state index < -0.39 is 35.1 Å². The van der Waals surface area contributed by atoms with Gasteiger partial charge in [-0.3, -0.25) is 4.79 Å². The summed E-state index contributed by atoms with van der Waals surface area (Å²) in [5.74, 6) is -3.70. The summed E-state index contributed by atoms with van der Waals surface area (Å²) in [6, 6.07) is 10.0. The van der Waals surface area contributed by atoms with Crippen LogP contribution in [0, 0.1) is 11.6 Å². The van der Waals surface area contributed by atoms with Crippen LogP contribution >= 0.6 is 0 Å². The van der Waals surface area contributed by atoms with Crippen LogP contribution in [0.15, 0.2) is 42.5 Å². The number of halogens is 2. The molecule has 2 aromatic carbocycles. The summed E-state index contributed by atoms with van der Waals surface area (Å²) in [4.78, 5) is 24.3.